The van der Waals surface area contributed by atoms with Crippen molar-refractivity contribution in [1.82, 2.24) is 10.2 Å². The van der Waals surface area contributed by atoms with E-state index in [4.69, 9.17) is 4.79 Å². The summed E-state index contributed by atoms with van der Waals surface area (Å²) >= 11 is 4.11. The maximum absolute atomic E-state index is 11.6. The average Bonchev–Trinajstić information content (AvgIpc) is 2.86. The molecule has 1 unspecified atom stereocenters. The predicted octanol–water partition coefficient (Wildman–Crippen LogP) is 3.04. The van der Waals surface area contributed by atoms with Crippen LogP contribution >= 0.6 is 12.6 Å². The van der Waals surface area contributed by atoms with Crippen molar-refractivity contribution >= 4 is 30.9 Å². The fourth-order valence-electron chi connectivity index (χ4n) is 2.49. The Bertz CT molecular complexity index is 332. The second-order valence-corrected chi connectivity index (χ2v) is 5.60. The molecule has 6 heteroatoms. The van der Waals surface area contributed by atoms with Crippen LogP contribution in [0.15, 0.2) is 0 Å². The summed E-state index contributed by atoms with van der Waals surface area (Å²) in [7, 11) is 1.56. The monoisotopic (exact) mass is 346 g/mol. The summed E-state index contributed by atoms with van der Waals surface area (Å²) in [6, 6.07) is 0. The average molecular weight is 347 g/mol. The molecule has 0 aromatic rings. The predicted molar refractivity (Wildman–Crippen MR) is 98.5 cm³/mol. The van der Waals surface area contributed by atoms with E-state index in [9.17, 15) is 9.59 Å². The lowest BCUT2D eigenvalue weighted by Crippen LogP contribution is -2.36. The molecule has 0 aromatic carbocycles. The molecule has 0 bridgehead atoms. The van der Waals surface area contributed by atoms with E-state index in [-0.39, 0.29) is 23.5 Å². The Labute approximate surface area is 147 Å². The molecule has 5 nitrogen and oxygen atoms in total. The van der Waals surface area contributed by atoms with Crippen molar-refractivity contribution in [3.05, 3.63) is 0 Å². The molecule has 2 aliphatic rings. The fourth-order valence-corrected chi connectivity index (χ4v) is 2.78. The van der Waals surface area contributed by atoms with Crippen LogP contribution in [-0.2, 0) is 14.4 Å². The number of rotatable bonds is 3. The van der Waals surface area contributed by atoms with Gasteiger partial charge in [0.05, 0.1) is 5.25 Å². The van der Waals surface area contributed by atoms with Crippen LogP contribution in [0.3, 0.4) is 0 Å². The lowest BCUT2D eigenvalue weighted by atomic mass is 9.89. The number of hydrogen-bond donors (Lipinski definition) is 2. The summed E-state index contributed by atoms with van der Waals surface area (Å²) < 4.78 is 0. The number of amides is 3. The number of carbonyl (C=O) groups excluding carboxylic acids is 3. The molecule has 1 N–H and O–H groups in total. The van der Waals surface area contributed by atoms with Crippen molar-refractivity contribution in [2.24, 2.45) is 5.92 Å². The van der Waals surface area contributed by atoms with Crippen molar-refractivity contribution < 1.29 is 14.4 Å². The van der Waals surface area contributed by atoms with Gasteiger partial charge in [-0.15, -0.1) is 0 Å². The van der Waals surface area contributed by atoms with Gasteiger partial charge in [0, 0.05) is 20.0 Å². The number of thiol groups is 1. The highest BCUT2D eigenvalue weighted by Gasteiger charge is 2.37. The van der Waals surface area contributed by atoms with Gasteiger partial charge in [-0.2, -0.15) is 12.6 Å². The highest BCUT2D eigenvalue weighted by atomic mass is 32.1. The maximum atomic E-state index is 11.6. The van der Waals surface area contributed by atoms with E-state index >= 15 is 0 Å². The number of hydrogen-bond acceptors (Lipinski definition) is 4. The van der Waals surface area contributed by atoms with E-state index in [2.05, 4.69) is 17.9 Å². The first-order valence-electron chi connectivity index (χ1n) is 8.73. The SMILES string of the molecule is CC.CC.CNC=O.O=C1CC(S)C(=O)N1CC1CCCCC1. The van der Waals surface area contributed by atoms with Gasteiger partial charge in [-0.1, -0.05) is 47.0 Å². The topological polar surface area (TPSA) is 66.5 Å². The molecule has 0 aromatic heterocycles. The standard InChI is InChI=1S/C11H17NO2S.C2H5NO.2C2H6/c13-10-6-9(15)11(14)12(10)7-8-4-2-1-3-5-8;1-3-2-4;2*1-2/h8-9,15H,1-7H2;2H,1H3,(H,3,4);2*1-2H3. The molecule has 23 heavy (non-hydrogen) atoms. The van der Waals surface area contributed by atoms with Gasteiger partial charge in [0.25, 0.3) is 0 Å². The third-order valence-corrected chi connectivity index (χ3v) is 3.91. The molecule has 2 fully saturated rings. The zero-order chi connectivity index (χ0) is 18.3. The van der Waals surface area contributed by atoms with Gasteiger partial charge >= 0.3 is 0 Å². The summed E-state index contributed by atoms with van der Waals surface area (Å²) in [6.07, 6.45) is 7.02. The number of likely N-dealkylation sites (tertiary alicyclic amines) is 1. The lowest BCUT2D eigenvalue weighted by molar-refractivity contribution is -0.139. The Morgan fingerprint density at radius 3 is 1.96 bits per heavy atom. The van der Waals surface area contributed by atoms with Crippen molar-refractivity contribution in [3.63, 3.8) is 0 Å². The second kappa shape index (κ2) is 15.8. The first kappa shape index (κ1) is 24.2. The smallest absolute Gasteiger partial charge is 0.242 e. The number of carbonyl (C=O) groups is 3. The summed E-state index contributed by atoms with van der Waals surface area (Å²) in [6.45, 7) is 8.63. The minimum Gasteiger partial charge on any atom is -0.362 e. The summed E-state index contributed by atoms with van der Waals surface area (Å²) in [4.78, 5) is 33.6. The van der Waals surface area contributed by atoms with Crippen LogP contribution in [0, 0.1) is 5.92 Å². The molecular formula is C17H34N2O3S. The first-order valence-corrected chi connectivity index (χ1v) is 9.25. The summed E-state index contributed by atoms with van der Waals surface area (Å²) in [5.74, 6) is 0.407. The van der Waals surface area contributed by atoms with Gasteiger partial charge in [0.1, 0.15) is 0 Å². The van der Waals surface area contributed by atoms with Crippen LogP contribution in [0.1, 0.15) is 66.2 Å². The molecule has 0 spiro atoms. The van der Waals surface area contributed by atoms with E-state index in [1.807, 2.05) is 27.7 Å². The summed E-state index contributed by atoms with van der Waals surface area (Å²) in [5.41, 5.74) is 0. The zero-order valence-corrected chi connectivity index (χ0v) is 16.2. The van der Waals surface area contributed by atoms with E-state index in [0.29, 0.717) is 18.9 Å². The van der Waals surface area contributed by atoms with Gasteiger partial charge in [-0.25, -0.2) is 0 Å². The highest BCUT2D eigenvalue weighted by Crippen LogP contribution is 2.27. The lowest BCUT2D eigenvalue weighted by Gasteiger charge is -2.25. The van der Waals surface area contributed by atoms with E-state index in [1.165, 1.54) is 24.2 Å². The Balaban J connectivity index is 0. The van der Waals surface area contributed by atoms with Crippen molar-refractivity contribution in [2.45, 2.75) is 71.5 Å². The van der Waals surface area contributed by atoms with Gasteiger partial charge in [0.15, 0.2) is 0 Å². The van der Waals surface area contributed by atoms with Crippen LogP contribution in [0.5, 0.6) is 0 Å². The molecule has 3 amide bonds. The molecule has 1 atom stereocenters. The van der Waals surface area contributed by atoms with E-state index < -0.39 is 0 Å². The number of nitrogens with zero attached hydrogens (tertiary/aromatic N) is 1. The highest BCUT2D eigenvalue weighted by molar-refractivity contribution is 7.81. The van der Waals surface area contributed by atoms with Crippen LogP contribution < -0.4 is 5.32 Å². The van der Waals surface area contributed by atoms with E-state index in [1.54, 1.807) is 7.05 Å². The molecule has 136 valence electrons. The minimum absolute atomic E-state index is 0.0365. The van der Waals surface area contributed by atoms with Gasteiger partial charge in [-0.05, 0) is 18.8 Å². The Kier molecular flexibility index (Phi) is 16.7. The van der Waals surface area contributed by atoms with Crippen LogP contribution in [0.25, 0.3) is 0 Å². The maximum Gasteiger partial charge on any atom is 0.242 e. The summed E-state index contributed by atoms with van der Waals surface area (Å²) in [5, 5.41) is 1.86. The van der Waals surface area contributed by atoms with Crippen molar-refractivity contribution in [3.8, 4) is 0 Å². The Morgan fingerprint density at radius 1 is 1.13 bits per heavy atom. The van der Waals surface area contributed by atoms with E-state index in [0.717, 1.165) is 12.8 Å². The fraction of sp³-hybridized carbons (Fsp3) is 0.824. The Hall–Kier alpha value is -1.04. The normalized spacial score (nSPS) is 20.3. The zero-order valence-electron chi connectivity index (χ0n) is 15.3. The quantitative estimate of drug-likeness (QED) is 0.469. The third kappa shape index (κ3) is 9.64. The third-order valence-electron chi connectivity index (χ3n) is 3.50. The molecule has 1 saturated heterocycles. The van der Waals surface area contributed by atoms with Gasteiger partial charge < -0.3 is 5.32 Å². The molecule has 1 aliphatic heterocycles. The number of imide groups is 1. The molecular weight excluding hydrogens is 312 g/mol. The van der Waals surface area contributed by atoms with Gasteiger partial charge in [-0.3, -0.25) is 19.3 Å². The van der Waals surface area contributed by atoms with Crippen LogP contribution in [-0.4, -0.2) is 42.0 Å². The first-order chi connectivity index (χ1) is 11.1. The van der Waals surface area contributed by atoms with Crippen LogP contribution in [0.2, 0.25) is 0 Å². The second-order valence-electron chi connectivity index (χ2n) is 4.97. The van der Waals surface area contributed by atoms with Crippen LogP contribution in [0.4, 0.5) is 0 Å². The largest absolute Gasteiger partial charge is 0.362 e. The molecule has 2 rings (SSSR count). The van der Waals surface area contributed by atoms with Crippen molar-refractivity contribution in [1.29, 1.82) is 0 Å². The van der Waals surface area contributed by atoms with Gasteiger partial charge in [0.2, 0.25) is 18.2 Å². The number of nitrogens with one attached hydrogen (secondary N) is 1. The Morgan fingerprint density at radius 2 is 1.61 bits per heavy atom. The minimum atomic E-state index is -0.388. The molecule has 1 heterocycles. The van der Waals surface area contributed by atoms with Crippen molar-refractivity contribution in [2.75, 3.05) is 13.6 Å². The molecule has 1 aliphatic carbocycles. The molecule has 0 radical (unpaired) electrons. The molecule has 1 saturated carbocycles.